The molecule has 0 heterocycles. The van der Waals surface area contributed by atoms with E-state index >= 15 is 0 Å². The molecule has 0 aliphatic heterocycles. The number of aliphatic carboxylic acids is 1. The normalized spacial score (nSPS) is 12.9. The summed E-state index contributed by atoms with van der Waals surface area (Å²) in [5.74, 6) is -2.72. The quantitative estimate of drug-likeness (QED) is 0.416. The van der Waals surface area contributed by atoms with E-state index in [4.69, 9.17) is 9.84 Å². The van der Waals surface area contributed by atoms with Gasteiger partial charge < -0.3 is 15.2 Å². The van der Waals surface area contributed by atoms with Crippen LogP contribution in [0.1, 0.15) is 47.2 Å². The van der Waals surface area contributed by atoms with Gasteiger partial charge in [-0.1, -0.05) is 55.5 Å². The van der Waals surface area contributed by atoms with Gasteiger partial charge in [0.15, 0.2) is 0 Å². The van der Waals surface area contributed by atoms with Crippen LogP contribution in [0.2, 0.25) is 0 Å². The molecule has 3 N–H and O–H groups in total. The highest BCUT2D eigenvalue weighted by Crippen LogP contribution is 2.44. The third-order valence-corrected chi connectivity index (χ3v) is 6.05. The Morgan fingerprint density at radius 3 is 2.23 bits per heavy atom. The molecule has 35 heavy (non-hydrogen) atoms. The van der Waals surface area contributed by atoms with Crippen LogP contribution in [0.4, 0.5) is 14.9 Å². The van der Waals surface area contributed by atoms with Crippen molar-refractivity contribution >= 4 is 23.7 Å². The van der Waals surface area contributed by atoms with E-state index in [2.05, 4.69) is 10.6 Å². The SMILES string of the molecule is CCC(CC(=O)O)NC(=O)c1cc(NC(=O)OCC2c3ccccc3-c3ccccc32)ccc1F. The fraction of sp³-hybridized carbons (Fsp3) is 0.222. The summed E-state index contributed by atoms with van der Waals surface area (Å²) in [6, 6.07) is 18.9. The highest BCUT2D eigenvalue weighted by atomic mass is 19.1. The van der Waals surface area contributed by atoms with Crippen LogP contribution in [0.5, 0.6) is 0 Å². The fourth-order valence-electron chi connectivity index (χ4n) is 4.30. The standard InChI is InChI=1S/C27H25FN2O5/c1-2-16(14-25(31)32)29-26(33)22-13-17(11-12-24(22)28)30-27(34)35-15-23-20-9-5-3-7-18(20)19-8-4-6-10-21(19)23/h3-13,16,23H,2,14-15H2,1H3,(H,29,33)(H,30,34)(H,31,32). The molecule has 0 spiro atoms. The summed E-state index contributed by atoms with van der Waals surface area (Å²) in [4.78, 5) is 35.9. The van der Waals surface area contributed by atoms with Crippen molar-refractivity contribution in [3.8, 4) is 11.1 Å². The zero-order valence-electron chi connectivity index (χ0n) is 19.1. The topological polar surface area (TPSA) is 105 Å². The van der Waals surface area contributed by atoms with Crippen molar-refractivity contribution in [2.24, 2.45) is 0 Å². The van der Waals surface area contributed by atoms with Gasteiger partial charge in [0.25, 0.3) is 5.91 Å². The number of carboxylic acids is 1. The minimum Gasteiger partial charge on any atom is -0.481 e. The number of carbonyl (C=O) groups excluding carboxylic acids is 2. The summed E-state index contributed by atoms with van der Waals surface area (Å²) in [5, 5.41) is 14.0. The van der Waals surface area contributed by atoms with Gasteiger partial charge in [-0.2, -0.15) is 0 Å². The summed E-state index contributed by atoms with van der Waals surface area (Å²) < 4.78 is 19.8. The van der Waals surface area contributed by atoms with E-state index in [9.17, 15) is 18.8 Å². The number of ether oxygens (including phenoxy) is 1. The first kappa shape index (κ1) is 23.9. The van der Waals surface area contributed by atoms with Crippen molar-refractivity contribution in [2.45, 2.75) is 31.7 Å². The van der Waals surface area contributed by atoms with Gasteiger partial charge in [0.2, 0.25) is 0 Å². The molecule has 0 aromatic heterocycles. The molecule has 7 nitrogen and oxygen atoms in total. The van der Waals surface area contributed by atoms with Crippen molar-refractivity contribution in [2.75, 3.05) is 11.9 Å². The first-order chi connectivity index (χ1) is 16.9. The molecule has 1 atom stereocenters. The fourth-order valence-corrected chi connectivity index (χ4v) is 4.30. The van der Waals surface area contributed by atoms with E-state index in [1.165, 1.54) is 12.1 Å². The van der Waals surface area contributed by atoms with Crippen LogP contribution >= 0.6 is 0 Å². The molecule has 2 amide bonds. The van der Waals surface area contributed by atoms with Gasteiger partial charge in [0.05, 0.1) is 12.0 Å². The van der Waals surface area contributed by atoms with Crippen molar-refractivity contribution in [3.63, 3.8) is 0 Å². The maximum absolute atomic E-state index is 14.3. The molecular weight excluding hydrogens is 451 g/mol. The Kier molecular flexibility index (Phi) is 7.10. The van der Waals surface area contributed by atoms with Crippen LogP contribution in [0.3, 0.4) is 0 Å². The number of nitrogens with one attached hydrogen (secondary N) is 2. The number of hydrogen-bond donors (Lipinski definition) is 3. The molecule has 1 aliphatic carbocycles. The van der Waals surface area contributed by atoms with Crippen LogP contribution in [0.25, 0.3) is 11.1 Å². The van der Waals surface area contributed by atoms with Crippen LogP contribution in [-0.4, -0.2) is 35.7 Å². The smallest absolute Gasteiger partial charge is 0.411 e. The molecule has 1 unspecified atom stereocenters. The van der Waals surface area contributed by atoms with Crippen LogP contribution in [0, 0.1) is 5.82 Å². The summed E-state index contributed by atoms with van der Waals surface area (Å²) >= 11 is 0. The Bertz CT molecular complexity index is 1230. The van der Waals surface area contributed by atoms with Crippen LogP contribution in [0.15, 0.2) is 66.7 Å². The van der Waals surface area contributed by atoms with E-state index < -0.39 is 29.8 Å². The van der Waals surface area contributed by atoms with Gasteiger partial charge in [0.1, 0.15) is 12.4 Å². The molecule has 0 fully saturated rings. The second-order valence-corrected chi connectivity index (χ2v) is 8.32. The Hall–Kier alpha value is -4.20. The van der Waals surface area contributed by atoms with Crippen molar-refractivity contribution < 1.29 is 28.6 Å². The average Bonchev–Trinajstić information content (AvgIpc) is 3.17. The first-order valence-electron chi connectivity index (χ1n) is 11.3. The molecule has 0 saturated carbocycles. The molecule has 1 aliphatic rings. The molecule has 8 heteroatoms. The van der Waals surface area contributed by atoms with E-state index in [-0.39, 0.29) is 30.2 Å². The second kappa shape index (κ2) is 10.4. The highest BCUT2D eigenvalue weighted by Gasteiger charge is 2.29. The summed E-state index contributed by atoms with van der Waals surface area (Å²) in [5.41, 5.74) is 4.26. The van der Waals surface area contributed by atoms with Crippen LogP contribution in [-0.2, 0) is 9.53 Å². The first-order valence-corrected chi connectivity index (χ1v) is 11.3. The third-order valence-electron chi connectivity index (χ3n) is 6.05. The zero-order valence-corrected chi connectivity index (χ0v) is 19.1. The number of fused-ring (bicyclic) bond motifs is 3. The number of carboxylic acid groups (broad SMARTS) is 1. The van der Waals surface area contributed by atoms with E-state index in [0.717, 1.165) is 28.3 Å². The number of anilines is 1. The number of rotatable bonds is 8. The minimum atomic E-state index is -1.07. The average molecular weight is 477 g/mol. The van der Waals surface area contributed by atoms with E-state index in [1.54, 1.807) is 6.92 Å². The predicted molar refractivity (Wildman–Crippen MR) is 129 cm³/mol. The predicted octanol–water partition coefficient (Wildman–Crippen LogP) is 5.17. The number of halogens is 1. The van der Waals surface area contributed by atoms with E-state index in [0.29, 0.717) is 6.42 Å². The van der Waals surface area contributed by atoms with Crippen molar-refractivity contribution in [3.05, 3.63) is 89.2 Å². The summed E-state index contributed by atoms with van der Waals surface area (Å²) in [6.07, 6.45) is -0.638. The van der Waals surface area contributed by atoms with E-state index in [1.807, 2.05) is 48.5 Å². The minimum absolute atomic E-state index is 0.108. The largest absolute Gasteiger partial charge is 0.481 e. The Morgan fingerprint density at radius 1 is 1.00 bits per heavy atom. The van der Waals surface area contributed by atoms with Gasteiger partial charge in [0, 0.05) is 17.6 Å². The summed E-state index contributed by atoms with van der Waals surface area (Å²) in [7, 11) is 0. The zero-order chi connectivity index (χ0) is 24.9. The second-order valence-electron chi connectivity index (χ2n) is 8.32. The molecule has 0 bridgehead atoms. The third kappa shape index (κ3) is 5.32. The lowest BCUT2D eigenvalue weighted by Crippen LogP contribution is -2.36. The van der Waals surface area contributed by atoms with Gasteiger partial charge in [-0.15, -0.1) is 0 Å². The highest BCUT2D eigenvalue weighted by molar-refractivity contribution is 5.97. The summed E-state index contributed by atoms with van der Waals surface area (Å²) in [6.45, 7) is 1.83. The molecule has 3 aromatic rings. The molecule has 3 aromatic carbocycles. The number of hydrogen-bond acceptors (Lipinski definition) is 4. The van der Waals surface area contributed by atoms with Gasteiger partial charge in [-0.25, -0.2) is 9.18 Å². The lowest BCUT2D eigenvalue weighted by Gasteiger charge is -2.16. The molecule has 180 valence electrons. The number of amides is 2. The number of carbonyl (C=O) groups is 3. The molecule has 0 radical (unpaired) electrons. The van der Waals surface area contributed by atoms with Gasteiger partial charge >= 0.3 is 12.1 Å². The molecular formula is C27H25FN2O5. The maximum Gasteiger partial charge on any atom is 0.411 e. The van der Waals surface area contributed by atoms with Crippen molar-refractivity contribution in [1.82, 2.24) is 5.32 Å². The van der Waals surface area contributed by atoms with Crippen LogP contribution < -0.4 is 10.6 Å². The molecule has 4 rings (SSSR count). The van der Waals surface area contributed by atoms with Crippen molar-refractivity contribution in [1.29, 1.82) is 0 Å². The van der Waals surface area contributed by atoms with Gasteiger partial charge in [-0.3, -0.25) is 14.9 Å². The number of benzene rings is 3. The maximum atomic E-state index is 14.3. The van der Waals surface area contributed by atoms with Gasteiger partial charge in [-0.05, 0) is 46.9 Å². The Labute approximate surface area is 201 Å². The Morgan fingerprint density at radius 2 is 1.63 bits per heavy atom. The molecule has 0 saturated heterocycles. The monoisotopic (exact) mass is 476 g/mol. The Balaban J connectivity index is 1.42. The lowest BCUT2D eigenvalue weighted by atomic mass is 9.98. The lowest BCUT2D eigenvalue weighted by molar-refractivity contribution is -0.137.